The smallest absolute Gasteiger partial charge is 0.0543 e. The number of anilines is 3. The van der Waals surface area contributed by atoms with E-state index in [1.807, 2.05) is 0 Å². The van der Waals surface area contributed by atoms with E-state index in [4.69, 9.17) is 0 Å². The molecule has 0 radical (unpaired) electrons. The number of fused-ring (bicyclic) bond motifs is 7. The molecule has 6 aliphatic carbocycles. The van der Waals surface area contributed by atoms with Gasteiger partial charge >= 0.3 is 0 Å². The summed E-state index contributed by atoms with van der Waals surface area (Å²) in [5.74, 6) is 3.45. The first kappa shape index (κ1) is 31.0. The summed E-state index contributed by atoms with van der Waals surface area (Å²) in [6.45, 7) is 4.73. The van der Waals surface area contributed by atoms with Crippen LogP contribution in [0.3, 0.4) is 0 Å². The van der Waals surface area contributed by atoms with Crippen molar-refractivity contribution in [3.05, 3.63) is 174 Å². The van der Waals surface area contributed by atoms with Crippen LogP contribution >= 0.6 is 0 Å². The van der Waals surface area contributed by atoms with Crippen LogP contribution in [0.5, 0.6) is 0 Å². The van der Waals surface area contributed by atoms with Crippen molar-refractivity contribution >= 4 is 27.8 Å². The van der Waals surface area contributed by atoms with Crippen LogP contribution in [0, 0.1) is 23.7 Å². The quantitative estimate of drug-likeness (QED) is 0.177. The van der Waals surface area contributed by atoms with Gasteiger partial charge in [0.25, 0.3) is 0 Å². The van der Waals surface area contributed by atoms with Gasteiger partial charge in [-0.05, 0) is 159 Å². The maximum Gasteiger partial charge on any atom is 0.0543 e. The Balaban J connectivity index is 0.968. The minimum absolute atomic E-state index is 0.0554. The second kappa shape index (κ2) is 11.1. The van der Waals surface area contributed by atoms with E-state index in [1.54, 1.807) is 11.1 Å². The highest BCUT2D eigenvalue weighted by molar-refractivity contribution is 5.98. The van der Waals surface area contributed by atoms with E-state index >= 15 is 0 Å². The van der Waals surface area contributed by atoms with E-state index in [1.165, 1.54) is 104 Å². The molecular formula is C53H45N. The van der Waals surface area contributed by atoms with Gasteiger partial charge in [0.1, 0.15) is 0 Å². The van der Waals surface area contributed by atoms with Gasteiger partial charge in [-0.25, -0.2) is 0 Å². The third-order valence-electron chi connectivity index (χ3n) is 14.8. The molecule has 1 heteroatoms. The molecule has 0 aliphatic heterocycles. The predicted molar refractivity (Wildman–Crippen MR) is 225 cm³/mol. The summed E-state index contributed by atoms with van der Waals surface area (Å²) in [7, 11) is 0. The average Bonchev–Trinajstić information content (AvgIpc) is 3.63. The number of hydrogen-bond acceptors (Lipinski definition) is 1. The molecule has 6 aliphatic rings. The molecule has 4 bridgehead atoms. The third kappa shape index (κ3) is 4.11. The minimum Gasteiger partial charge on any atom is -0.310 e. The number of nitrogens with zero attached hydrogens (tertiary/aromatic N) is 1. The van der Waals surface area contributed by atoms with Gasteiger partial charge in [0.2, 0.25) is 0 Å². The molecule has 4 saturated carbocycles. The van der Waals surface area contributed by atoms with Crippen molar-refractivity contribution in [3.63, 3.8) is 0 Å². The summed E-state index contributed by atoms with van der Waals surface area (Å²) in [6, 6.07) is 57.9. The first-order chi connectivity index (χ1) is 26.5. The summed E-state index contributed by atoms with van der Waals surface area (Å²) in [5.41, 5.74) is 18.1. The van der Waals surface area contributed by atoms with Crippen LogP contribution in [0.1, 0.15) is 68.2 Å². The number of para-hydroxylation sites is 1. The molecule has 0 unspecified atom stereocenters. The summed E-state index contributed by atoms with van der Waals surface area (Å²) < 4.78 is 0. The van der Waals surface area contributed by atoms with E-state index in [0.29, 0.717) is 0 Å². The van der Waals surface area contributed by atoms with E-state index in [0.717, 1.165) is 23.7 Å². The van der Waals surface area contributed by atoms with Crippen molar-refractivity contribution in [2.75, 3.05) is 4.90 Å². The lowest BCUT2D eigenvalue weighted by molar-refractivity contribution is -0.0399. The molecule has 0 amide bonds. The van der Waals surface area contributed by atoms with E-state index < -0.39 is 0 Å². The normalized spacial score (nSPS) is 24.7. The Labute approximate surface area is 319 Å². The lowest BCUT2D eigenvalue weighted by atomic mass is 9.43. The summed E-state index contributed by atoms with van der Waals surface area (Å²) in [4.78, 5) is 2.47. The Morgan fingerprint density at radius 2 is 1.06 bits per heavy atom. The van der Waals surface area contributed by atoms with Crippen LogP contribution in [0.15, 0.2) is 152 Å². The van der Waals surface area contributed by atoms with Gasteiger partial charge in [0.05, 0.1) is 5.69 Å². The molecule has 0 atom stereocenters. The van der Waals surface area contributed by atoms with Crippen molar-refractivity contribution in [3.8, 4) is 33.4 Å². The molecular weight excluding hydrogens is 651 g/mol. The molecule has 1 nitrogen and oxygen atoms in total. The zero-order valence-electron chi connectivity index (χ0n) is 31.2. The van der Waals surface area contributed by atoms with Gasteiger partial charge in [-0.3, -0.25) is 0 Å². The molecule has 0 aromatic heterocycles. The lowest BCUT2D eigenvalue weighted by Crippen LogP contribution is -2.55. The Morgan fingerprint density at radius 1 is 0.444 bits per heavy atom. The Morgan fingerprint density at radius 3 is 1.85 bits per heavy atom. The van der Waals surface area contributed by atoms with Gasteiger partial charge in [-0.1, -0.05) is 123 Å². The highest BCUT2D eigenvalue weighted by Crippen LogP contribution is 2.69. The van der Waals surface area contributed by atoms with Crippen molar-refractivity contribution in [2.45, 2.75) is 56.8 Å². The van der Waals surface area contributed by atoms with Gasteiger partial charge < -0.3 is 4.90 Å². The molecule has 0 saturated heterocycles. The van der Waals surface area contributed by atoms with Crippen LogP contribution in [-0.2, 0) is 10.8 Å². The van der Waals surface area contributed by atoms with Crippen LogP contribution in [0.2, 0.25) is 0 Å². The monoisotopic (exact) mass is 695 g/mol. The maximum absolute atomic E-state index is 2.62. The fourth-order valence-electron chi connectivity index (χ4n) is 12.8. The van der Waals surface area contributed by atoms with E-state index in [-0.39, 0.29) is 10.8 Å². The van der Waals surface area contributed by atoms with E-state index in [9.17, 15) is 0 Å². The summed E-state index contributed by atoms with van der Waals surface area (Å²) in [6.07, 6.45) is 7.15. The predicted octanol–water partition coefficient (Wildman–Crippen LogP) is 14.0. The fraction of sp³-hybridized carbons (Fsp3) is 0.245. The van der Waals surface area contributed by atoms with Crippen molar-refractivity contribution in [1.82, 2.24) is 0 Å². The number of hydrogen-bond donors (Lipinski definition) is 0. The van der Waals surface area contributed by atoms with Crippen LogP contribution in [-0.4, -0.2) is 0 Å². The van der Waals surface area contributed by atoms with Crippen LogP contribution in [0.25, 0.3) is 44.2 Å². The molecule has 7 aromatic carbocycles. The molecule has 0 N–H and O–H groups in total. The Kier molecular flexibility index (Phi) is 6.36. The third-order valence-corrected chi connectivity index (χ3v) is 14.8. The van der Waals surface area contributed by atoms with Crippen molar-refractivity contribution in [1.29, 1.82) is 0 Å². The van der Waals surface area contributed by atoms with Gasteiger partial charge in [0.15, 0.2) is 0 Å². The van der Waals surface area contributed by atoms with Gasteiger partial charge in [-0.2, -0.15) is 0 Å². The lowest BCUT2D eigenvalue weighted by Gasteiger charge is -2.61. The zero-order chi connectivity index (χ0) is 35.8. The molecule has 54 heavy (non-hydrogen) atoms. The molecule has 1 spiro atoms. The molecule has 13 rings (SSSR count). The van der Waals surface area contributed by atoms with Gasteiger partial charge in [-0.15, -0.1) is 0 Å². The Bertz CT molecular complexity index is 2630. The maximum atomic E-state index is 2.62. The molecule has 262 valence electrons. The summed E-state index contributed by atoms with van der Waals surface area (Å²) in [5, 5.41) is 2.54. The standard InChI is InChI=1S/C53H45N/c1-52(2)46-15-8-7-14-45(46)51-48(52)17-10-18-50(51)54(41-11-4-3-5-12-41)42-23-21-36-30-35(19-20-37(36)31-42)38-22-24-44-43-13-6-9-16-47(43)53(49(44)32-38)39-26-33-25-34(28-39)29-40(53)27-33/h3-24,30-34,39-40H,25-29H2,1-2H3. The van der Waals surface area contributed by atoms with Crippen LogP contribution < -0.4 is 4.90 Å². The van der Waals surface area contributed by atoms with Gasteiger partial charge in [0, 0.05) is 27.8 Å². The molecule has 7 aromatic rings. The van der Waals surface area contributed by atoms with Crippen molar-refractivity contribution < 1.29 is 0 Å². The number of benzene rings is 7. The SMILES string of the molecule is CC1(C)c2ccccc2-c2c(N(c3ccccc3)c3ccc4cc(-c5ccc6c(c5)C5(c7ccccc7-6)C6CC7CC(C6)CC5C7)ccc4c3)cccc21. The zero-order valence-corrected chi connectivity index (χ0v) is 31.2. The number of rotatable bonds is 4. The molecule has 0 heterocycles. The largest absolute Gasteiger partial charge is 0.310 e. The first-order valence-corrected chi connectivity index (χ1v) is 20.4. The summed E-state index contributed by atoms with van der Waals surface area (Å²) >= 11 is 0. The second-order valence-electron chi connectivity index (χ2n) is 17.8. The highest BCUT2D eigenvalue weighted by Gasteiger charge is 2.61. The molecule has 4 fully saturated rings. The second-order valence-corrected chi connectivity index (χ2v) is 17.8. The van der Waals surface area contributed by atoms with E-state index in [2.05, 4.69) is 170 Å². The van der Waals surface area contributed by atoms with Crippen LogP contribution in [0.4, 0.5) is 17.1 Å². The minimum atomic E-state index is -0.0554. The Hall–Kier alpha value is -5.40. The highest BCUT2D eigenvalue weighted by atomic mass is 15.1. The first-order valence-electron chi connectivity index (χ1n) is 20.4. The topological polar surface area (TPSA) is 3.24 Å². The van der Waals surface area contributed by atoms with Crippen molar-refractivity contribution in [2.24, 2.45) is 23.7 Å². The average molecular weight is 696 g/mol. The fourth-order valence-corrected chi connectivity index (χ4v) is 12.8.